The van der Waals surface area contributed by atoms with E-state index in [0.29, 0.717) is 21.5 Å². The van der Waals surface area contributed by atoms with Gasteiger partial charge in [0.05, 0.1) is 12.8 Å². The lowest BCUT2D eigenvalue weighted by molar-refractivity contribution is -0.133. The number of hydrogen-bond acceptors (Lipinski definition) is 4. The van der Waals surface area contributed by atoms with E-state index in [0.717, 1.165) is 4.90 Å². The van der Waals surface area contributed by atoms with E-state index >= 15 is 0 Å². The molecule has 2 aromatic rings. The van der Waals surface area contributed by atoms with Crippen LogP contribution in [0.2, 0.25) is 0 Å². The molecule has 0 radical (unpaired) electrons. The minimum atomic E-state index is -1.25. The molecule has 1 saturated heterocycles. The summed E-state index contributed by atoms with van der Waals surface area (Å²) >= 11 is 3.40. The number of para-hydroxylation sites is 2. The van der Waals surface area contributed by atoms with Gasteiger partial charge in [-0.25, -0.2) is 4.79 Å². The van der Waals surface area contributed by atoms with E-state index in [4.69, 9.17) is 4.74 Å². The zero-order chi connectivity index (χ0) is 19.6. The molecule has 1 fully saturated rings. The molecule has 3 rings (SSSR count). The third-order valence-electron chi connectivity index (χ3n) is 4.37. The lowest BCUT2D eigenvalue weighted by Crippen LogP contribution is -2.42. The number of carbonyl (C=O) groups excluding carboxylic acids is 3. The highest BCUT2D eigenvalue weighted by Gasteiger charge is 2.50. The summed E-state index contributed by atoms with van der Waals surface area (Å²) in [7, 11) is 1.49. The van der Waals surface area contributed by atoms with Gasteiger partial charge in [0, 0.05) is 10.0 Å². The van der Waals surface area contributed by atoms with Crippen molar-refractivity contribution in [2.75, 3.05) is 19.0 Å². The Kier molecular flexibility index (Phi) is 5.18. The van der Waals surface area contributed by atoms with Crippen LogP contribution < -0.4 is 15.4 Å². The molecule has 0 spiro atoms. The zero-order valence-corrected chi connectivity index (χ0v) is 16.4. The van der Waals surface area contributed by atoms with Gasteiger partial charge in [-0.05, 0) is 25.1 Å². The van der Waals surface area contributed by atoms with Gasteiger partial charge in [0.1, 0.15) is 17.8 Å². The Hall–Kier alpha value is -2.87. The number of ether oxygens (including phenoxy) is 1. The van der Waals surface area contributed by atoms with Crippen molar-refractivity contribution >= 4 is 39.5 Å². The summed E-state index contributed by atoms with van der Waals surface area (Å²) in [5.41, 5.74) is -0.163. The first-order valence-corrected chi connectivity index (χ1v) is 8.98. The molecule has 0 aliphatic carbocycles. The normalized spacial score (nSPS) is 19.0. The number of hydrogen-bond donors (Lipinski definition) is 2. The van der Waals surface area contributed by atoms with E-state index < -0.39 is 29.9 Å². The van der Waals surface area contributed by atoms with Crippen LogP contribution in [-0.2, 0) is 15.1 Å². The van der Waals surface area contributed by atoms with E-state index in [1.54, 1.807) is 49.4 Å². The van der Waals surface area contributed by atoms with E-state index in [1.165, 1.54) is 7.11 Å². The monoisotopic (exact) mass is 431 g/mol. The predicted molar refractivity (Wildman–Crippen MR) is 103 cm³/mol. The molecular formula is C19H18BrN3O4. The Morgan fingerprint density at radius 1 is 1.19 bits per heavy atom. The number of amides is 4. The third kappa shape index (κ3) is 3.52. The van der Waals surface area contributed by atoms with Crippen molar-refractivity contribution in [3.05, 3.63) is 58.6 Å². The molecule has 4 amide bonds. The maximum atomic E-state index is 12.9. The average molecular weight is 432 g/mol. The van der Waals surface area contributed by atoms with Gasteiger partial charge in [-0.2, -0.15) is 0 Å². The van der Waals surface area contributed by atoms with Crippen LogP contribution in [0.3, 0.4) is 0 Å². The first-order valence-electron chi connectivity index (χ1n) is 8.19. The summed E-state index contributed by atoms with van der Waals surface area (Å²) in [6, 6.07) is 13.4. The fraction of sp³-hybridized carbons (Fsp3) is 0.211. The van der Waals surface area contributed by atoms with Crippen molar-refractivity contribution in [1.29, 1.82) is 0 Å². The van der Waals surface area contributed by atoms with Crippen molar-refractivity contribution in [3.8, 4) is 5.75 Å². The Labute approximate surface area is 164 Å². The van der Waals surface area contributed by atoms with Crippen molar-refractivity contribution < 1.29 is 19.1 Å². The van der Waals surface area contributed by atoms with Crippen LogP contribution in [0.5, 0.6) is 5.75 Å². The van der Waals surface area contributed by atoms with Gasteiger partial charge in [0.15, 0.2) is 0 Å². The van der Waals surface area contributed by atoms with Crippen LogP contribution in [-0.4, -0.2) is 36.4 Å². The fourth-order valence-electron chi connectivity index (χ4n) is 2.97. The van der Waals surface area contributed by atoms with Crippen LogP contribution in [0.4, 0.5) is 10.5 Å². The second-order valence-electron chi connectivity index (χ2n) is 6.17. The van der Waals surface area contributed by atoms with Crippen molar-refractivity contribution in [1.82, 2.24) is 10.2 Å². The second-order valence-corrected chi connectivity index (χ2v) is 7.03. The molecule has 7 nitrogen and oxygen atoms in total. The molecule has 2 aromatic carbocycles. The van der Waals surface area contributed by atoms with E-state index in [2.05, 4.69) is 26.6 Å². The van der Waals surface area contributed by atoms with Gasteiger partial charge < -0.3 is 15.4 Å². The maximum Gasteiger partial charge on any atom is 0.325 e. The molecule has 140 valence electrons. The Balaban J connectivity index is 1.78. The molecular weight excluding hydrogens is 414 g/mol. The van der Waals surface area contributed by atoms with Crippen LogP contribution in [0.25, 0.3) is 0 Å². The minimum absolute atomic E-state index is 0.400. The van der Waals surface area contributed by atoms with Crippen molar-refractivity contribution in [2.45, 2.75) is 12.5 Å². The van der Waals surface area contributed by atoms with Gasteiger partial charge in [-0.3, -0.25) is 14.5 Å². The lowest BCUT2D eigenvalue weighted by Gasteiger charge is -2.23. The van der Waals surface area contributed by atoms with Gasteiger partial charge in [-0.15, -0.1) is 0 Å². The van der Waals surface area contributed by atoms with Gasteiger partial charge >= 0.3 is 6.03 Å². The smallest absolute Gasteiger partial charge is 0.325 e. The number of carbonyl (C=O) groups is 3. The second kappa shape index (κ2) is 7.40. The highest BCUT2D eigenvalue weighted by atomic mass is 79.9. The van der Waals surface area contributed by atoms with Crippen molar-refractivity contribution in [2.24, 2.45) is 0 Å². The molecule has 1 unspecified atom stereocenters. The quantitative estimate of drug-likeness (QED) is 0.712. The molecule has 27 heavy (non-hydrogen) atoms. The SMILES string of the molecule is COc1ccccc1NC(=O)CN1C(=O)NC(C)(c2ccccc2Br)C1=O. The molecule has 1 aliphatic heterocycles. The van der Waals surface area contributed by atoms with Crippen LogP contribution in [0.1, 0.15) is 12.5 Å². The van der Waals surface area contributed by atoms with Crippen LogP contribution in [0, 0.1) is 0 Å². The standard InChI is InChI=1S/C19H18BrN3O4/c1-19(12-7-3-4-8-13(12)20)17(25)23(18(26)22-19)11-16(24)21-14-9-5-6-10-15(14)27-2/h3-10H,11H2,1-2H3,(H,21,24)(H,22,26). The largest absolute Gasteiger partial charge is 0.495 e. The summed E-state index contributed by atoms with van der Waals surface area (Å²) in [6.07, 6.45) is 0. The number of rotatable bonds is 5. The Bertz CT molecular complexity index is 917. The van der Waals surface area contributed by atoms with Crippen molar-refractivity contribution in [3.63, 3.8) is 0 Å². The van der Waals surface area contributed by atoms with Crippen LogP contribution >= 0.6 is 15.9 Å². The number of imide groups is 1. The molecule has 0 bridgehead atoms. The first-order chi connectivity index (χ1) is 12.9. The summed E-state index contributed by atoms with van der Waals surface area (Å²) in [6.45, 7) is 1.22. The molecule has 1 heterocycles. The number of anilines is 1. The topological polar surface area (TPSA) is 87.7 Å². The Morgan fingerprint density at radius 2 is 1.85 bits per heavy atom. The molecule has 2 N–H and O–H groups in total. The summed E-state index contributed by atoms with van der Waals surface area (Å²) in [5.74, 6) is -0.505. The first kappa shape index (κ1) is 18.9. The number of benzene rings is 2. The van der Waals surface area contributed by atoms with Crippen LogP contribution in [0.15, 0.2) is 53.0 Å². The van der Waals surface area contributed by atoms with E-state index in [1.807, 2.05) is 6.07 Å². The summed E-state index contributed by atoms with van der Waals surface area (Å²) in [5, 5.41) is 5.34. The average Bonchev–Trinajstić information content (AvgIpc) is 2.86. The maximum absolute atomic E-state index is 12.9. The highest BCUT2D eigenvalue weighted by Crippen LogP contribution is 2.33. The number of methoxy groups -OCH3 is 1. The molecule has 0 saturated carbocycles. The lowest BCUT2D eigenvalue weighted by atomic mass is 9.92. The summed E-state index contributed by atoms with van der Waals surface area (Å²) in [4.78, 5) is 38.6. The zero-order valence-electron chi connectivity index (χ0n) is 14.8. The van der Waals surface area contributed by atoms with Gasteiger partial charge in [0.2, 0.25) is 5.91 Å². The van der Waals surface area contributed by atoms with E-state index in [-0.39, 0.29) is 0 Å². The summed E-state index contributed by atoms with van der Waals surface area (Å²) < 4.78 is 5.88. The van der Waals surface area contributed by atoms with E-state index in [9.17, 15) is 14.4 Å². The number of urea groups is 1. The molecule has 0 aromatic heterocycles. The number of halogens is 1. The third-order valence-corrected chi connectivity index (χ3v) is 5.06. The van der Waals surface area contributed by atoms with Gasteiger partial charge in [-0.1, -0.05) is 46.3 Å². The fourth-order valence-corrected chi connectivity index (χ4v) is 3.65. The number of nitrogens with one attached hydrogen (secondary N) is 2. The molecule has 1 aliphatic rings. The minimum Gasteiger partial charge on any atom is -0.495 e. The Morgan fingerprint density at radius 3 is 2.56 bits per heavy atom. The molecule has 8 heteroatoms. The highest BCUT2D eigenvalue weighted by molar-refractivity contribution is 9.10. The number of nitrogens with zero attached hydrogens (tertiary/aromatic N) is 1. The van der Waals surface area contributed by atoms with Gasteiger partial charge in [0.25, 0.3) is 5.91 Å². The predicted octanol–water partition coefficient (Wildman–Crippen LogP) is 2.86. The molecule has 1 atom stereocenters.